The van der Waals surface area contributed by atoms with Gasteiger partial charge in [0.25, 0.3) is 0 Å². The molecule has 0 atom stereocenters. The van der Waals surface area contributed by atoms with Gasteiger partial charge in [-0.05, 0) is 26.0 Å². The van der Waals surface area contributed by atoms with Crippen LogP contribution in [0.2, 0.25) is 0 Å². The molecule has 0 saturated carbocycles. The summed E-state index contributed by atoms with van der Waals surface area (Å²) in [6, 6.07) is 7.59. The van der Waals surface area contributed by atoms with Crippen molar-refractivity contribution in [2.75, 3.05) is 26.9 Å². The predicted octanol–water partition coefficient (Wildman–Crippen LogP) is 2.86. The van der Waals surface area contributed by atoms with Crippen molar-refractivity contribution < 1.29 is 18.9 Å². The lowest BCUT2D eigenvalue weighted by molar-refractivity contribution is -0.142. The minimum Gasteiger partial charge on any atom is -0.493 e. The topological polar surface area (TPSA) is 36.9 Å². The van der Waals surface area contributed by atoms with Gasteiger partial charge in [0.05, 0.1) is 13.7 Å². The Bertz CT molecular complexity index is 321. The molecule has 18 heavy (non-hydrogen) atoms. The van der Waals surface area contributed by atoms with Crippen LogP contribution in [0, 0.1) is 0 Å². The molecule has 0 fully saturated rings. The van der Waals surface area contributed by atoms with E-state index in [9.17, 15) is 0 Å². The second-order valence-corrected chi connectivity index (χ2v) is 3.63. The van der Waals surface area contributed by atoms with Crippen LogP contribution in [0.15, 0.2) is 24.3 Å². The molecule has 0 radical (unpaired) electrons. The van der Waals surface area contributed by atoms with E-state index in [0.29, 0.717) is 26.2 Å². The lowest BCUT2D eigenvalue weighted by atomic mass is 10.3. The molecule has 0 bridgehead atoms. The third-order valence-corrected chi connectivity index (χ3v) is 2.39. The number of rotatable bonds is 9. The molecular weight excluding hydrogens is 232 g/mol. The SMILES string of the molecule is CCOC(CCOc1ccccc1OC)OCC. The van der Waals surface area contributed by atoms with Crippen LogP contribution in [-0.2, 0) is 9.47 Å². The highest BCUT2D eigenvalue weighted by molar-refractivity contribution is 5.39. The molecule has 0 N–H and O–H groups in total. The molecule has 102 valence electrons. The van der Waals surface area contributed by atoms with E-state index in [1.165, 1.54) is 0 Å². The number of benzene rings is 1. The molecule has 0 amide bonds. The number of hydrogen-bond donors (Lipinski definition) is 0. The lowest BCUT2D eigenvalue weighted by Gasteiger charge is -2.17. The molecule has 4 nitrogen and oxygen atoms in total. The summed E-state index contributed by atoms with van der Waals surface area (Å²) >= 11 is 0. The average Bonchev–Trinajstić information content (AvgIpc) is 2.40. The number of ether oxygens (including phenoxy) is 4. The fraction of sp³-hybridized carbons (Fsp3) is 0.571. The van der Waals surface area contributed by atoms with Crippen LogP contribution in [0.5, 0.6) is 11.5 Å². The molecule has 0 aliphatic heterocycles. The summed E-state index contributed by atoms with van der Waals surface area (Å²) in [6.45, 7) is 5.71. The minimum atomic E-state index is -0.199. The maximum absolute atomic E-state index is 5.67. The van der Waals surface area contributed by atoms with Crippen LogP contribution in [0.25, 0.3) is 0 Å². The first kappa shape index (κ1) is 14.8. The van der Waals surface area contributed by atoms with Gasteiger partial charge in [0.15, 0.2) is 17.8 Å². The molecular formula is C14H22O4. The summed E-state index contributed by atoms with van der Waals surface area (Å²) in [4.78, 5) is 0. The Labute approximate surface area is 109 Å². The Morgan fingerprint density at radius 1 is 1.00 bits per heavy atom. The van der Waals surface area contributed by atoms with Gasteiger partial charge in [-0.1, -0.05) is 12.1 Å². The molecule has 4 heteroatoms. The summed E-state index contributed by atoms with van der Waals surface area (Å²) in [5.41, 5.74) is 0. The van der Waals surface area contributed by atoms with E-state index < -0.39 is 0 Å². The Balaban J connectivity index is 2.39. The molecule has 1 aromatic rings. The minimum absolute atomic E-state index is 0.199. The van der Waals surface area contributed by atoms with E-state index >= 15 is 0 Å². The second kappa shape index (κ2) is 8.78. The van der Waals surface area contributed by atoms with E-state index in [1.807, 2.05) is 38.1 Å². The number of hydrogen-bond acceptors (Lipinski definition) is 4. The highest BCUT2D eigenvalue weighted by atomic mass is 16.7. The van der Waals surface area contributed by atoms with Crippen LogP contribution in [0.4, 0.5) is 0 Å². The highest BCUT2D eigenvalue weighted by Gasteiger charge is 2.09. The Morgan fingerprint density at radius 2 is 1.61 bits per heavy atom. The van der Waals surface area contributed by atoms with E-state index in [-0.39, 0.29) is 6.29 Å². The van der Waals surface area contributed by atoms with Crippen molar-refractivity contribution in [3.05, 3.63) is 24.3 Å². The van der Waals surface area contributed by atoms with Crippen LogP contribution in [0.3, 0.4) is 0 Å². The van der Waals surface area contributed by atoms with Gasteiger partial charge in [-0.2, -0.15) is 0 Å². The summed E-state index contributed by atoms with van der Waals surface area (Å²) in [5, 5.41) is 0. The zero-order valence-corrected chi connectivity index (χ0v) is 11.3. The van der Waals surface area contributed by atoms with Gasteiger partial charge in [-0.25, -0.2) is 0 Å². The molecule has 1 aromatic carbocycles. The Kier molecular flexibility index (Phi) is 7.22. The molecule has 0 aliphatic carbocycles. The third kappa shape index (κ3) is 4.94. The monoisotopic (exact) mass is 254 g/mol. The molecule has 0 saturated heterocycles. The zero-order chi connectivity index (χ0) is 13.2. The molecule has 0 spiro atoms. The van der Waals surface area contributed by atoms with Crippen molar-refractivity contribution in [3.8, 4) is 11.5 Å². The van der Waals surface area contributed by atoms with E-state index in [0.717, 1.165) is 11.5 Å². The lowest BCUT2D eigenvalue weighted by Crippen LogP contribution is -2.20. The first-order valence-corrected chi connectivity index (χ1v) is 6.30. The standard InChI is InChI=1S/C14H22O4/c1-4-16-14(17-5-2)10-11-18-13-9-7-6-8-12(13)15-3/h6-9,14H,4-5,10-11H2,1-3H3. The fourth-order valence-corrected chi connectivity index (χ4v) is 1.59. The second-order valence-electron chi connectivity index (χ2n) is 3.63. The average molecular weight is 254 g/mol. The van der Waals surface area contributed by atoms with Gasteiger partial charge >= 0.3 is 0 Å². The molecule has 1 rings (SSSR count). The Hall–Kier alpha value is -1.26. The number of methoxy groups -OCH3 is 1. The molecule has 0 aromatic heterocycles. The summed E-state index contributed by atoms with van der Waals surface area (Å²) in [7, 11) is 1.63. The van der Waals surface area contributed by atoms with Crippen LogP contribution >= 0.6 is 0 Å². The van der Waals surface area contributed by atoms with Crippen molar-refractivity contribution in [2.45, 2.75) is 26.6 Å². The molecule has 0 unspecified atom stereocenters. The predicted molar refractivity (Wildman–Crippen MR) is 70.1 cm³/mol. The third-order valence-electron chi connectivity index (χ3n) is 2.39. The van der Waals surface area contributed by atoms with Crippen molar-refractivity contribution in [1.82, 2.24) is 0 Å². The van der Waals surface area contributed by atoms with Crippen LogP contribution in [0.1, 0.15) is 20.3 Å². The summed E-state index contributed by atoms with van der Waals surface area (Å²) in [6.07, 6.45) is 0.495. The van der Waals surface area contributed by atoms with Gasteiger partial charge in [0.2, 0.25) is 0 Å². The van der Waals surface area contributed by atoms with Gasteiger partial charge in [-0.15, -0.1) is 0 Å². The highest BCUT2D eigenvalue weighted by Crippen LogP contribution is 2.25. The van der Waals surface area contributed by atoms with Gasteiger partial charge in [0, 0.05) is 19.6 Å². The fourth-order valence-electron chi connectivity index (χ4n) is 1.59. The Morgan fingerprint density at radius 3 is 2.17 bits per heavy atom. The van der Waals surface area contributed by atoms with Crippen LogP contribution in [-0.4, -0.2) is 33.2 Å². The van der Waals surface area contributed by atoms with E-state index in [1.54, 1.807) is 7.11 Å². The molecule has 0 aliphatic rings. The van der Waals surface area contributed by atoms with Crippen molar-refractivity contribution in [1.29, 1.82) is 0 Å². The maximum Gasteiger partial charge on any atom is 0.161 e. The molecule has 0 heterocycles. The van der Waals surface area contributed by atoms with Crippen LogP contribution < -0.4 is 9.47 Å². The van der Waals surface area contributed by atoms with Crippen molar-refractivity contribution in [2.24, 2.45) is 0 Å². The first-order chi connectivity index (χ1) is 8.81. The quantitative estimate of drug-likeness (QED) is 0.635. The maximum atomic E-state index is 5.67. The van der Waals surface area contributed by atoms with Crippen molar-refractivity contribution in [3.63, 3.8) is 0 Å². The van der Waals surface area contributed by atoms with E-state index in [4.69, 9.17) is 18.9 Å². The smallest absolute Gasteiger partial charge is 0.161 e. The normalized spacial score (nSPS) is 10.7. The van der Waals surface area contributed by atoms with Crippen molar-refractivity contribution >= 4 is 0 Å². The first-order valence-electron chi connectivity index (χ1n) is 6.30. The number of para-hydroxylation sites is 2. The summed E-state index contributed by atoms with van der Waals surface area (Å²) < 4.78 is 21.8. The largest absolute Gasteiger partial charge is 0.493 e. The zero-order valence-electron chi connectivity index (χ0n) is 11.3. The van der Waals surface area contributed by atoms with Gasteiger partial charge in [0.1, 0.15) is 0 Å². The van der Waals surface area contributed by atoms with E-state index in [2.05, 4.69) is 0 Å². The van der Waals surface area contributed by atoms with Gasteiger partial charge < -0.3 is 18.9 Å². The van der Waals surface area contributed by atoms with Gasteiger partial charge in [-0.3, -0.25) is 0 Å². The summed E-state index contributed by atoms with van der Waals surface area (Å²) in [5.74, 6) is 1.48.